The molecule has 0 radical (unpaired) electrons. The number of aromatic nitrogens is 3. The van der Waals surface area contributed by atoms with Crippen LogP contribution in [0.25, 0.3) is 0 Å². The molecule has 0 aliphatic heterocycles. The third-order valence-electron chi connectivity index (χ3n) is 2.86. The lowest BCUT2D eigenvalue weighted by Gasteiger charge is -2.22. The maximum atomic E-state index is 11.8. The number of amides is 1. The number of rotatable bonds is 5. The summed E-state index contributed by atoms with van der Waals surface area (Å²) < 4.78 is 1.84. The van der Waals surface area contributed by atoms with Crippen LogP contribution in [0.1, 0.15) is 32.6 Å². The van der Waals surface area contributed by atoms with Gasteiger partial charge in [-0.2, -0.15) is 0 Å². The number of nitrogens with zero attached hydrogens (tertiary/aromatic N) is 4. The Kier molecular flexibility index (Phi) is 4.62. The summed E-state index contributed by atoms with van der Waals surface area (Å²) in [6.45, 7) is 6.25. The van der Waals surface area contributed by atoms with Crippen LogP contribution in [0.4, 0.5) is 0 Å². The van der Waals surface area contributed by atoms with Crippen molar-refractivity contribution in [3.63, 3.8) is 0 Å². The molecule has 0 saturated heterocycles. The molecule has 1 rings (SSSR count). The second-order valence-electron chi connectivity index (χ2n) is 4.50. The van der Waals surface area contributed by atoms with Gasteiger partial charge in [-0.15, -0.1) is 10.2 Å². The molecule has 1 aromatic rings. The largest absolute Gasteiger partial charge is 0.342 e. The number of carbonyl (C=O) groups is 1. The normalized spacial score (nSPS) is 12.8. The second-order valence-corrected chi connectivity index (χ2v) is 4.50. The molecule has 0 aliphatic carbocycles. The fourth-order valence-electron chi connectivity index (χ4n) is 1.43. The number of hydrogen-bond donors (Lipinski definition) is 1. The predicted octanol–water partition coefficient (Wildman–Crippen LogP) is 0.333. The van der Waals surface area contributed by atoms with Crippen LogP contribution in [0.2, 0.25) is 0 Å². The van der Waals surface area contributed by atoms with Crippen molar-refractivity contribution in [2.24, 2.45) is 7.05 Å². The van der Waals surface area contributed by atoms with Gasteiger partial charge < -0.3 is 9.47 Å². The van der Waals surface area contributed by atoms with Gasteiger partial charge in [0.1, 0.15) is 12.2 Å². The first kappa shape index (κ1) is 13.6. The highest BCUT2D eigenvalue weighted by Gasteiger charge is 2.15. The lowest BCUT2D eigenvalue weighted by molar-refractivity contribution is -0.130. The van der Waals surface area contributed by atoms with Crippen LogP contribution >= 0.6 is 0 Å². The molecule has 6 heteroatoms. The molecule has 0 aromatic carbocycles. The molecule has 0 saturated carbocycles. The van der Waals surface area contributed by atoms with Crippen LogP contribution < -0.4 is 5.32 Å². The Morgan fingerprint density at radius 2 is 2.18 bits per heavy atom. The van der Waals surface area contributed by atoms with Crippen LogP contribution in [0.5, 0.6) is 0 Å². The Morgan fingerprint density at radius 1 is 1.53 bits per heavy atom. The summed E-state index contributed by atoms with van der Waals surface area (Å²) >= 11 is 0. The predicted molar refractivity (Wildman–Crippen MR) is 65.3 cm³/mol. The number of hydrogen-bond acceptors (Lipinski definition) is 4. The molecule has 96 valence electrons. The molecule has 1 N–H and O–H groups in total. The maximum absolute atomic E-state index is 11.8. The van der Waals surface area contributed by atoms with Crippen molar-refractivity contribution in [1.82, 2.24) is 25.0 Å². The molecule has 1 aromatic heterocycles. The molecule has 6 nitrogen and oxygen atoms in total. The number of nitrogens with one attached hydrogen (secondary N) is 1. The fraction of sp³-hybridized carbons (Fsp3) is 0.727. The van der Waals surface area contributed by atoms with Crippen LogP contribution in [0.15, 0.2) is 6.33 Å². The van der Waals surface area contributed by atoms with Gasteiger partial charge in [-0.25, -0.2) is 0 Å². The Labute approximate surface area is 102 Å². The lowest BCUT2D eigenvalue weighted by Crippen LogP contribution is -2.40. The number of likely N-dealkylation sites (N-methyl/N-ethyl adjacent to an activating group) is 1. The average Bonchev–Trinajstić information content (AvgIpc) is 2.70. The summed E-state index contributed by atoms with van der Waals surface area (Å²) in [5.74, 6) is 0.902. The Bertz CT molecular complexity index is 374. The molecule has 0 bridgehead atoms. The molecule has 1 heterocycles. The zero-order valence-corrected chi connectivity index (χ0v) is 11.1. The van der Waals surface area contributed by atoms with Crippen molar-refractivity contribution in [3.05, 3.63) is 12.2 Å². The summed E-state index contributed by atoms with van der Waals surface area (Å²) in [5.41, 5.74) is 0. The second kappa shape index (κ2) is 5.77. The van der Waals surface area contributed by atoms with Crippen molar-refractivity contribution < 1.29 is 4.79 Å². The molecular formula is C11H21N5O. The van der Waals surface area contributed by atoms with Crippen molar-refractivity contribution in [1.29, 1.82) is 0 Å². The van der Waals surface area contributed by atoms with Crippen molar-refractivity contribution in [3.8, 4) is 0 Å². The molecule has 17 heavy (non-hydrogen) atoms. The van der Waals surface area contributed by atoms with E-state index in [9.17, 15) is 4.79 Å². The zero-order valence-electron chi connectivity index (χ0n) is 11.1. The molecule has 0 spiro atoms. The van der Waals surface area contributed by atoms with E-state index in [0.29, 0.717) is 6.54 Å². The van der Waals surface area contributed by atoms with Crippen LogP contribution in [0.3, 0.4) is 0 Å². The smallest absolute Gasteiger partial charge is 0.236 e. The minimum Gasteiger partial charge on any atom is -0.342 e. The third-order valence-corrected chi connectivity index (χ3v) is 2.86. The monoisotopic (exact) mass is 239 g/mol. The highest BCUT2D eigenvalue weighted by molar-refractivity contribution is 5.78. The third kappa shape index (κ3) is 3.52. The molecule has 0 fully saturated rings. The summed E-state index contributed by atoms with van der Waals surface area (Å²) in [7, 11) is 3.69. The first-order chi connectivity index (χ1) is 7.93. The van der Waals surface area contributed by atoms with Crippen molar-refractivity contribution in [2.45, 2.75) is 32.9 Å². The average molecular weight is 239 g/mol. The maximum Gasteiger partial charge on any atom is 0.236 e. The van der Waals surface area contributed by atoms with Crippen molar-refractivity contribution >= 4 is 5.91 Å². The van der Waals surface area contributed by atoms with Gasteiger partial charge >= 0.3 is 0 Å². The van der Waals surface area contributed by atoms with Gasteiger partial charge in [0, 0.05) is 20.1 Å². The van der Waals surface area contributed by atoms with Crippen LogP contribution in [0, 0.1) is 0 Å². The SMILES string of the molecule is CC(NCC(=O)N(C)C(C)C)c1nncn1C. The van der Waals surface area contributed by atoms with E-state index in [-0.39, 0.29) is 18.0 Å². The Balaban J connectivity index is 2.46. The molecular weight excluding hydrogens is 218 g/mol. The van der Waals surface area contributed by atoms with Gasteiger partial charge in [0.05, 0.1) is 12.6 Å². The van der Waals surface area contributed by atoms with Crippen LogP contribution in [-0.2, 0) is 11.8 Å². The highest BCUT2D eigenvalue weighted by Crippen LogP contribution is 2.06. The van der Waals surface area contributed by atoms with Crippen LogP contribution in [-0.4, -0.2) is 45.2 Å². The topological polar surface area (TPSA) is 63.1 Å². The lowest BCUT2D eigenvalue weighted by atomic mass is 10.3. The first-order valence-electron chi connectivity index (χ1n) is 5.76. The quantitative estimate of drug-likeness (QED) is 0.804. The minimum absolute atomic E-state index is 0.00649. The molecule has 0 aliphatic rings. The summed E-state index contributed by atoms with van der Waals surface area (Å²) in [5, 5.41) is 11.0. The standard InChI is InChI=1S/C11H21N5O/c1-8(2)16(5)10(17)6-12-9(3)11-14-13-7-15(11)4/h7-9,12H,6H2,1-5H3. The van der Waals surface area contributed by atoms with Crippen molar-refractivity contribution in [2.75, 3.05) is 13.6 Å². The summed E-state index contributed by atoms with van der Waals surface area (Å²) in [6.07, 6.45) is 1.65. The van der Waals surface area contributed by atoms with E-state index in [0.717, 1.165) is 5.82 Å². The molecule has 1 unspecified atom stereocenters. The minimum atomic E-state index is 0.00649. The van der Waals surface area contributed by atoms with Gasteiger partial charge in [-0.3, -0.25) is 10.1 Å². The summed E-state index contributed by atoms with van der Waals surface area (Å²) in [4.78, 5) is 13.5. The van der Waals surface area contributed by atoms with Gasteiger partial charge in [-0.1, -0.05) is 0 Å². The van der Waals surface area contributed by atoms with E-state index in [2.05, 4.69) is 15.5 Å². The fourth-order valence-corrected chi connectivity index (χ4v) is 1.43. The first-order valence-corrected chi connectivity index (χ1v) is 5.76. The van der Waals surface area contributed by atoms with E-state index >= 15 is 0 Å². The van der Waals surface area contributed by atoms with Gasteiger partial charge in [0.25, 0.3) is 0 Å². The van der Waals surface area contributed by atoms with E-state index < -0.39 is 0 Å². The number of aryl methyl sites for hydroxylation is 1. The van der Waals surface area contributed by atoms with Gasteiger partial charge in [0.15, 0.2) is 0 Å². The zero-order chi connectivity index (χ0) is 13.0. The van der Waals surface area contributed by atoms with Gasteiger partial charge in [0.2, 0.25) is 5.91 Å². The van der Waals surface area contributed by atoms with E-state index in [1.165, 1.54) is 0 Å². The van der Waals surface area contributed by atoms with Gasteiger partial charge in [-0.05, 0) is 20.8 Å². The summed E-state index contributed by atoms with van der Waals surface area (Å²) in [6, 6.07) is 0.224. The Morgan fingerprint density at radius 3 is 2.65 bits per heavy atom. The van der Waals surface area contributed by atoms with E-state index in [1.807, 2.05) is 39.4 Å². The van der Waals surface area contributed by atoms with E-state index in [4.69, 9.17) is 0 Å². The molecule has 1 atom stereocenters. The number of carbonyl (C=O) groups excluding carboxylic acids is 1. The Hall–Kier alpha value is -1.43. The van der Waals surface area contributed by atoms with E-state index in [1.54, 1.807) is 11.2 Å². The molecule has 1 amide bonds. The highest BCUT2D eigenvalue weighted by atomic mass is 16.2.